The Morgan fingerprint density at radius 3 is 2.90 bits per heavy atom. The summed E-state index contributed by atoms with van der Waals surface area (Å²) < 4.78 is 0. The molecule has 0 unspecified atom stereocenters. The van der Waals surface area contributed by atoms with Crippen molar-refractivity contribution in [2.75, 3.05) is 39.2 Å². The summed E-state index contributed by atoms with van der Waals surface area (Å²) >= 11 is 0. The predicted octanol–water partition coefficient (Wildman–Crippen LogP) is 0.781. The van der Waals surface area contributed by atoms with E-state index in [2.05, 4.69) is 22.4 Å². The van der Waals surface area contributed by atoms with Crippen LogP contribution in [0.1, 0.15) is 23.2 Å². The topological polar surface area (TPSA) is 74.5 Å². The SMILES string of the molecule is CN1CCC(CN(C)C(=O)c2ccnc(NN)c2)CC1. The van der Waals surface area contributed by atoms with Gasteiger partial charge in [0.25, 0.3) is 5.91 Å². The van der Waals surface area contributed by atoms with Gasteiger partial charge in [0.1, 0.15) is 5.82 Å². The van der Waals surface area contributed by atoms with Crippen LogP contribution < -0.4 is 11.3 Å². The molecule has 1 aliphatic heterocycles. The third-order valence-electron chi connectivity index (χ3n) is 3.87. The molecule has 20 heavy (non-hydrogen) atoms. The first kappa shape index (κ1) is 14.7. The predicted molar refractivity (Wildman–Crippen MR) is 79.2 cm³/mol. The largest absolute Gasteiger partial charge is 0.341 e. The maximum absolute atomic E-state index is 12.4. The Bertz CT molecular complexity index is 457. The van der Waals surface area contributed by atoms with Gasteiger partial charge in [0, 0.05) is 25.4 Å². The Morgan fingerprint density at radius 2 is 2.25 bits per heavy atom. The lowest BCUT2D eigenvalue weighted by molar-refractivity contribution is 0.0747. The monoisotopic (exact) mass is 277 g/mol. The number of piperidine rings is 1. The molecule has 6 heteroatoms. The number of hydrogen-bond donors (Lipinski definition) is 2. The number of nitrogens with zero attached hydrogens (tertiary/aromatic N) is 3. The molecule has 0 aliphatic carbocycles. The van der Waals surface area contributed by atoms with Gasteiger partial charge in [-0.15, -0.1) is 0 Å². The first-order valence-electron chi connectivity index (χ1n) is 6.97. The van der Waals surface area contributed by atoms with Crippen LogP contribution >= 0.6 is 0 Å². The Balaban J connectivity index is 1.94. The van der Waals surface area contributed by atoms with Gasteiger partial charge >= 0.3 is 0 Å². The Hall–Kier alpha value is -1.66. The van der Waals surface area contributed by atoms with E-state index < -0.39 is 0 Å². The molecule has 1 aromatic rings. The van der Waals surface area contributed by atoms with Gasteiger partial charge in [0.15, 0.2) is 0 Å². The number of hydrazine groups is 1. The molecule has 2 heterocycles. The first-order valence-corrected chi connectivity index (χ1v) is 6.97. The molecule has 1 saturated heterocycles. The molecule has 0 spiro atoms. The fourth-order valence-corrected chi connectivity index (χ4v) is 2.58. The van der Waals surface area contributed by atoms with Crippen molar-refractivity contribution in [1.29, 1.82) is 0 Å². The van der Waals surface area contributed by atoms with Crippen molar-refractivity contribution in [2.24, 2.45) is 11.8 Å². The molecular weight excluding hydrogens is 254 g/mol. The molecule has 3 N–H and O–H groups in total. The molecule has 0 atom stereocenters. The highest BCUT2D eigenvalue weighted by molar-refractivity contribution is 5.94. The molecule has 6 nitrogen and oxygen atoms in total. The van der Waals surface area contributed by atoms with Gasteiger partial charge in [-0.2, -0.15) is 0 Å². The minimum absolute atomic E-state index is 0.0165. The van der Waals surface area contributed by atoms with Gasteiger partial charge in [0.05, 0.1) is 0 Å². The van der Waals surface area contributed by atoms with Gasteiger partial charge in [-0.25, -0.2) is 10.8 Å². The second-order valence-electron chi connectivity index (χ2n) is 5.51. The number of rotatable bonds is 4. The normalized spacial score (nSPS) is 16.9. The highest BCUT2D eigenvalue weighted by atomic mass is 16.2. The molecule has 0 aromatic carbocycles. The zero-order chi connectivity index (χ0) is 14.5. The number of carbonyl (C=O) groups is 1. The van der Waals surface area contributed by atoms with Crippen LogP contribution in [-0.4, -0.2) is 54.4 Å². The maximum atomic E-state index is 12.4. The third kappa shape index (κ3) is 3.68. The van der Waals surface area contributed by atoms with Gasteiger partial charge in [-0.05, 0) is 51.0 Å². The lowest BCUT2D eigenvalue weighted by Crippen LogP contribution is -2.38. The highest BCUT2D eigenvalue weighted by Crippen LogP contribution is 2.18. The zero-order valence-electron chi connectivity index (χ0n) is 12.2. The summed E-state index contributed by atoms with van der Waals surface area (Å²) in [7, 11) is 4.00. The zero-order valence-corrected chi connectivity index (χ0v) is 12.2. The summed E-state index contributed by atoms with van der Waals surface area (Å²) in [6.07, 6.45) is 3.89. The number of amides is 1. The van der Waals surface area contributed by atoms with E-state index in [1.165, 1.54) is 0 Å². The second-order valence-corrected chi connectivity index (χ2v) is 5.51. The average molecular weight is 277 g/mol. The number of anilines is 1. The maximum Gasteiger partial charge on any atom is 0.253 e. The van der Waals surface area contributed by atoms with Crippen LogP contribution in [0.5, 0.6) is 0 Å². The van der Waals surface area contributed by atoms with Gasteiger partial charge in [0.2, 0.25) is 0 Å². The Kier molecular flexibility index (Phi) is 4.92. The van der Waals surface area contributed by atoms with Crippen molar-refractivity contribution in [3.63, 3.8) is 0 Å². The number of nitrogens with two attached hydrogens (primary N) is 1. The summed E-state index contributed by atoms with van der Waals surface area (Å²) in [5, 5.41) is 0. The van der Waals surface area contributed by atoms with E-state index in [0.717, 1.165) is 32.5 Å². The second kappa shape index (κ2) is 6.67. The number of hydrogen-bond acceptors (Lipinski definition) is 5. The summed E-state index contributed by atoms with van der Waals surface area (Å²) in [5.41, 5.74) is 3.07. The lowest BCUT2D eigenvalue weighted by Gasteiger charge is -2.31. The van der Waals surface area contributed by atoms with Gasteiger partial charge in [-0.1, -0.05) is 0 Å². The minimum Gasteiger partial charge on any atom is -0.341 e. The highest BCUT2D eigenvalue weighted by Gasteiger charge is 2.21. The number of aromatic nitrogens is 1. The first-order chi connectivity index (χ1) is 9.60. The van der Waals surface area contributed by atoms with Crippen LogP contribution in [0.25, 0.3) is 0 Å². The minimum atomic E-state index is 0.0165. The molecule has 0 radical (unpaired) electrons. The molecular formula is C14H23N5O. The number of pyridine rings is 1. The lowest BCUT2D eigenvalue weighted by atomic mass is 9.96. The van der Waals surface area contributed by atoms with E-state index in [1.807, 2.05) is 7.05 Å². The summed E-state index contributed by atoms with van der Waals surface area (Å²) in [6.45, 7) is 3.03. The van der Waals surface area contributed by atoms with E-state index in [9.17, 15) is 4.79 Å². The van der Waals surface area contributed by atoms with Crippen molar-refractivity contribution in [3.8, 4) is 0 Å². The number of nitrogens with one attached hydrogen (secondary N) is 1. The summed E-state index contributed by atoms with van der Waals surface area (Å²) in [5.74, 6) is 6.43. The number of nitrogen functional groups attached to an aromatic ring is 1. The average Bonchev–Trinajstić information content (AvgIpc) is 2.48. The van der Waals surface area contributed by atoms with Crippen molar-refractivity contribution in [2.45, 2.75) is 12.8 Å². The third-order valence-corrected chi connectivity index (χ3v) is 3.87. The van der Waals surface area contributed by atoms with Crippen molar-refractivity contribution < 1.29 is 4.79 Å². The van der Waals surface area contributed by atoms with Crippen LogP contribution in [0, 0.1) is 5.92 Å². The van der Waals surface area contributed by atoms with E-state index in [4.69, 9.17) is 5.84 Å². The van der Waals surface area contributed by atoms with Crippen LogP contribution in [0.2, 0.25) is 0 Å². The van der Waals surface area contributed by atoms with Crippen LogP contribution in [0.3, 0.4) is 0 Å². The van der Waals surface area contributed by atoms with E-state index in [-0.39, 0.29) is 5.91 Å². The molecule has 1 amide bonds. The molecule has 0 bridgehead atoms. The standard InChI is InChI=1S/C14H23N5O/c1-18-7-4-11(5-8-18)10-19(2)14(20)12-3-6-16-13(9-12)17-15/h3,6,9,11H,4-5,7-8,10,15H2,1-2H3,(H,16,17). The summed E-state index contributed by atoms with van der Waals surface area (Å²) in [4.78, 5) is 20.5. The smallest absolute Gasteiger partial charge is 0.253 e. The fourth-order valence-electron chi connectivity index (χ4n) is 2.58. The van der Waals surface area contributed by atoms with Crippen LogP contribution in [0.15, 0.2) is 18.3 Å². The van der Waals surface area contributed by atoms with Gasteiger partial charge in [-0.3, -0.25) is 4.79 Å². The van der Waals surface area contributed by atoms with Crippen LogP contribution in [0.4, 0.5) is 5.82 Å². The quantitative estimate of drug-likeness (QED) is 0.628. The summed E-state index contributed by atoms with van der Waals surface area (Å²) in [6, 6.07) is 3.39. The number of carbonyl (C=O) groups excluding carboxylic acids is 1. The molecule has 1 aliphatic rings. The molecule has 1 aromatic heterocycles. The molecule has 2 rings (SSSR count). The molecule has 1 fully saturated rings. The van der Waals surface area contributed by atoms with Crippen molar-refractivity contribution in [3.05, 3.63) is 23.9 Å². The molecule has 0 saturated carbocycles. The van der Waals surface area contributed by atoms with E-state index in [0.29, 0.717) is 17.3 Å². The van der Waals surface area contributed by atoms with Crippen LogP contribution in [-0.2, 0) is 0 Å². The van der Waals surface area contributed by atoms with Crippen molar-refractivity contribution in [1.82, 2.24) is 14.8 Å². The Morgan fingerprint density at radius 1 is 1.55 bits per heavy atom. The molecule has 110 valence electrons. The van der Waals surface area contributed by atoms with Gasteiger partial charge < -0.3 is 15.2 Å². The fraction of sp³-hybridized carbons (Fsp3) is 0.571. The van der Waals surface area contributed by atoms with E-state index in [1.54, 1.807) is 23.2 Å². The van der Waals surface area contributed by atoms with E-state index >= 15 is 0 Å². The van der Waals surface area contributed by atoms with Crippen molar-refractivity contribution >= 4 is 11.7 Å². The number of likely N-dealkylation sites (tertiary alicyclic amines) is 1. The Labute approximate surface area is 119 Å².